The van der Waals surface area contributed by atoms with Gasteiger partial charge in [-0.2, -0.15) is 0 Å². The molecule has 0 bridgehead atoms. The van der Waals surface area contributed by atoms with Gasteiger partial charge in [0.2, 0.25) is 0 Å². The van der Waals surface area contributed by atoms with Gasteiger partial charge in [0, 0.05) is 0 Å². The minimum absolute atomic E-state index is 0.159. The van der Waals surface area contributed by atoms with E-state index in [0.29, 0.717) is 6.42 Å². The van der Waals surface area contributed by atoms with Crippen molar-refractivity contribution < 1.29 is 9.92 Å². The highest BCUT2D eigenvalue weighted by Crippen LogP contribution is 2.02. The molecule has 0 saturated carbocycles. The van der Waals surface area contributed by atoms with Gasteiger partial charge in [-0.3, -0.25) is 0 Å². The smallest absolute Gasteiger partial charge is 0.294 e. The lowest BCUT2D eigenvalue weighted by molar-refractivity contribution is -0.757. The molecule has 0 saturated heterocycles. The Hall–Kier alpha value is -1.84. The molecule has 0 radical (unpaired) electrons. The molecule has 0 fully saturated rings. The van der Waals surface area contributed by atoms with Crippen molar-refractivity contribution in [3.8, 4) is 0 Å². The van der Waals surface area contributed by atoms with E-state index in [2.05, 4.69) is 4.84 Å². The molecule has 1 aromatic carbocycles. The molecule has 0 aromatic heterocycles. The third-order valence-corrected chi connectivity index (χ3v) is 1.82. The third kappa shape index (κ3) is 5.46. The van der Waals surface area contributed by atoms with Crippen LogP contribution in [0, 0.1) is 10.1 Å². The first-order valence-corrected chi connectivity index (χ1v) is 4.78. The van der Waals surface area contributed by atoms with Crippen LogP contribution in [0.3, 0.4) is 0 Å². The van der Waals surface area contributed by atoms with Crippen LogP contribution < -0.4 is 0 Å². The molecule has 80 valence electrons. The molecule has 1 aromatic rings. The molecule has 0 spiro atoms. The van der Waals surface area contributed by atoms with Crippen molar-refractivity contribution >= 4 is 6.08 Å². The molecule has 0 aliphatic rings. The van der Waals surface area contributed by atoms with Crippen LogP contribution in [0.2, 0.25) is 0 Å². The Bertz CT molecular complexity index is 322. The quantitative estimate of drug-likeness (QED) is 0.409. The molecular formula is C11H13NO3. The van der Waals surface area contributed by atoms with Gasteiger partial charge < -0.3 is 4.84 Å². The number of nitrogens with zero attached hydrogens (tertiary/aromatic N) is 1. The summed E-state index contributed by atoms with van der Waals surface area (Å²) >= 11 is 0. The number of unbranched alkanes of at least 4 members (excludes halogenated alkanes) is 1. The zero-order valence-electron chi connectivity index (χ0n) is 8.33. The molecule has 15 heavy (non-hydrogen) atoms. The Kier molecular flexibility index (Phi) is 4.94. The van der Waals surface area contributed by atoms with Crippen LogP contribution in [0.15, 0.2) is 36.4 Å². The lowest BCUT2D eigenvalue weighted by Crippen LogP contribution is -2.01. The zero-order chi connectivity index (χ0) is 10.9. The van der Waals surface area contributed by atoms with Gasteiger partial charge in [-0.05, 0) is 18.4 Å². The normalized spacial score (nSPS) is 10.4. The molecule has 0 unspecified atom stereocenters. The van der Waals surface area contributed by atoms with Crippen molar-refractivity contribution in [1.82, 2.24) is 0 Å². The lowest BCUT2D eigenvalue weighted by atomic mass is 10.2. The Labute approximate surface area is 88.3 Å². The van der Waals surface area contributed by atoms with Crippen LogP contribution in [0.5, 0.6) is 0 Å². The summed E-state index contributed by atoms with van der Waals surface area (Å²) in [4.78, 5) is 14.0. The molecule has 0 aliphatic heterocycles. The van der Waals surface area contributed by atoms with Crippen molar-refractivity contribution in [3.63, 3.8) is 0 Å². The van der Waals surface area contributed by atoms with Gasteiger partial charge in [0.15, 0.2) is 0 Å². The fourth-order valence-electron chi connectivity index (χ4n) is 1.12. The third-order valence-electron chi connectivity index (χ3n) is 1.82. The summed E-state index contributed by atoms with van der Waals surface area (Å²) in [5, 5.41) is 9.06. The van der Waals surface area contributed by atoms with Crippen molar-refractivity contribution in [1.29, 1.82) is 0 Å². The largest absolute Gasteiger partial charge is 0.314 e. The van der Waals surface area contributed by atoms with Gasteiger partial charge in [0.25, 0.3) is 5.09 Å². The van der Waals surface area contributed by atoms with Gasteiger partial charge >= 0.3 is 0 Å². The van der Waals surface area contributed by atoms with Crippen molar-refractivity contribution in [2.24, 2.45) is 0 Å². The molecule has 0 atom stereocenters. The molecule has 0 amide bonds. The van der Waals surface area contributed by atoms with E-state index in [-0.39, 0.29) is 6.61 Å². The van der Waals surface area contributed by atoms with Crippen molar-refractivity contribution in [2.45, 2.75) is 12.8 Å². The van der Waals surface area contributed by atoms with Crippen molar-refractivity contribution in [2.75, 3.05) is 6.61 Å². The number of benzene rings is 1. The molecule has 1 rings (SSSR count). The molecule has 0 N–H and O–H groups in total. The maximum Gasteiger partial charge on any atom is 0.294 e. The first kappa shape index (κ1) is 11.2. The van der Waals surface area contributed by atoms with E-state index in [9.17, 15) is 10.1 Å². The Morgan fingerprint density at radius 1 is 1.33 bits per heavy atom. The predicted molar refractivity (Wildman–Crippen MR) is 57.7 cm³/mol. The van der Waals surface area contributed by atoms with E-state index in [0.717, 1.165) is 12.0 Å². The van der Waals surface area contributed by atoms with Gasteiger partial charge in [-0.1, -0.05) is 42.5 Å². The SMILES string of the molecule is O=[N+]([O-])OCCCC=Cc1ccccc1. The Morgan fingerprint density at radius 2 is 2.07 bits per heavy atom. The Morgan fingerprint density at radius 3 is 2.73 bits per heavy atom. The summed E-state index contributed by atoms with van der Waals surface area (Å²) < 4.78 is 0. The standard InChI is InChI=1S/C11H13NO3/c13-12(14)15-10-6-2-5-9-11-7-3-1-4-8-11/h1,3-5,7-9H,2,6,10H2. The second-order valence-corrected chi connectivity index (χ2v) is 3.01. The van der Waals surface area contributed by atoms with Gasteiger partial charge in [-0.15, -0.1) is 10.1 Å². The van der Waals surface area contributed by atoms with Gasteiger partial charge in [0.1, 0.15) is 0 Å². The average molecular weight is 207 g/mol. The average Bonchev–Trinajstić information content (AvgIpc) is 2.24. The predicted octanol–water partition coefficient (Wildman–Crippen LogP) is 2.69. The summed E-state index contributed by atoms with van der Waals surface area (Å²) in [6.45, 7) is 0.159. The number of allylic oxidation sites excluding steroid dienone is 1. The first-order chi connectivity index (χ1) is 7.29. The van der Waals surface area contributed by atoms with E-state index >= 15 is 0 Å². The highest BCUT2D eigenvalue weighted by Gasteiger charge is 1.91. The molecule has 0 aliphatic carbocycles. The van der Waals surface area contributed by atoms with Gasteiger partial charge in [-0.25, -0.2) is 0 Å². The second-order valence-electron chi connectivity index (χ2n) is 3.01. The topological polar surface area (TPSA) is 52.4 Å². The summed E-state index contributed by atoms with van der Waals surface area (Å²) in [5.41, 5.74) is 1.13. The minimum atomic E-state index is -0.763. The molecule has 4 heteroatoms. The van der Waals surface area contributed by atoms with E-state index in [4.69, 9.17) is 0 Å². The highest BCUT2D eigenvalue weighted by atomic mass is 16.9. The van der Waals surface area contributed by atoms with Crippen molar-refractivity contribution in [3.05, 3.63) is 52.1 Å². The fourth-order valence-corrected chi connectivity index (χ4v) is 1.12. The number of hydrogen-bond acceptors (Lipinski definition) is 3. The van der Waals surface area contributed by atoms with Crippen LogP contribution in [-0.4, -0.2) is 11.7 Å². The van der Waals surface area contributed by atoms with Crippen LogP contribution in [0.1, 0.15) is 18.4 Å². The highest BCUT2D eigenvalue weighted by molar-refractivity contribution is 5.48. The Balaban J connectivity index is 2.15. The summed E-state index contributed by atoms with van der Waals surface area (Å²) in [7, 11) is 0. The van der Waals surface area contributed by atoms with E-state index in [1.165, 1.54) is 0 Å². The van der Waals surface area contributed by atoms with E-state index in [1.807, 2.05) is 42.5 Å². The number of rotatable bonds is 6. The summed E-state index contributed by atoms with van der Waals surface area (Å²) in [5.74, 6) is 0. The van der Waals surface area contributed by atoms with Gasteiger partial charge in [0.05, 0.1) is 6.61 Å². The second kappa shape index (κ2) is 6.59. The molecule has 4 nitrogen and oxygen atoms in total. The lowest BCUT2D eigenvalue weighted by Gasteiger charge is -1.95. The first-order valence-electron chi connectivity index (χ1n) is 4.78. The van der Waals surface area contributed by atoms with Crippen LogP contribution in [0.25, 0.3) is 6.08 Å². The van der Waals surface area contributed by atoms with E-state index < -0.39 is 5.09 Å². The monoisotopic (exact) mass is 207 g/mol. The summed E-state index contributed by atoms with van der Waals surface area (Å²) in [6.07, 6.45) is 5.41. The minimum Gasteiger partial charge on any atom is -0.314 e. The summed E-state index contributed by atoms with van der Waals surface area (Å²) in [6, 6.07) is 9.90. The molecular weight excluding hydrogens is 194 g/mol. The van der Waals surface area contributed by atoms with Crippen LogP contribution >= 0.6 is 0 Å². The number of hydrogen-bond donors (Lipinski definition) is 0. The fraction of sp³-hybridized carbons (Fsp3) is 0.273. The maximum atomic E-state index is 9.82. The molecule has 0 heterocycles. The van der Waals surface area contributed by atoms with Crippen LogP contribution in [0.4, 0.5) is 0 Å². The maximum absolute atomic E-state index is 9.82. The van der Waals surface area contributed by atoms with E-state index in [1.54, 1.807) is 0 Å². The zero-order valence-corrected chi connectivity index (χ0v) is 8.33. The van der Waals surface area contributed by atoms with Crippen LogP contribution in [-0.2, 0) is 4.84 Å².